The molecule has 0 radical (unpaired) electrons. The number of rotatable bonds is 3. The Kier molecular flexibility index (Phi) is 4.01. The van der Waals surface area contributed by atoms with Gasteiger partial charge in [-0.2, -0.15) is 0 Å². The maximum Gasteiger partial charge on any atom is 0.147 e. The first-order chi connectivity index (χ1) is 6.09. The molecule has 0 unspecified atom stereocenters. The second-order valence-corrected chi connectivity index (χ2v) is 7.74. The number of hydrogen-bond donors (Lipinski definition) is 1. The quantitative estimate of drug-likeness (QED) is 0.609. The van der Waals surface area contributed by atoms with Gasteiger partial charge in [-0.25, -0.2) is 4.39 Å². The molecule has 0 aliphatic heterocycles. The van der Waals surface area contributed by atoms with E-state index in [9.17, 15) is 4.39 Å². The van der Waals surface area contributed by atoms with Gasteiger partial charge in [-0.1, -0.05) is 6.07 Å². The van der Waals surface area contributed by atoms with Crippen LogP contribution in [0.15, 0.2) is 18.2 Å². The lowest BCUT2D eigenvalue weighted by molar-refractivity contribution is 0.632. The number of nitrogens with one attached hydrogen (secondary N) is 1. The molecule has 0 amide bonds. The zero-order valence-electron chi connectivity index (χ0n) is 7.97. The standard InChI is InChI=1S/C9H13FNPS/c1-7-4-5-8(10)9(6-7)11-13-12(2)3/h4-6,11H,1-3H3. The van der Waals surface area contributed by atoms with Crippen molar-refractivity contribution in [2.75, 3.05) is 18.1 Å². The van der Waals surface area contributed by atoms with Crippen LogP contribution in [0.3, 0.4) is 0 Å². The molecule has 1 nitrogen and oxygen atoms in total. The lowest BCUT2D eigenvalue weighted by Crippen LogP contribution is -1.89. The van der Waals surface area contributed by atoms with Crippen molar-refractivity contribution in [2.45, 2.75) is 6.92 Å². The summed E-state index contributed by atoms with van der Waals surface area (Å²) in [6.45, 7) is 6.21. The summed E-state index contributed by atoms with van der Waals surface area (Å²) in [4.78, 5) is 0. The molecule has 0 atom stereocenters. The van der Waals surface area contributed by atoms with Gasteiger partial charge in [-0.3, -0.25) is 0 Å². The minimum absolute atomic E-state index is 0.107. The van der Waals surface area contributed by atoms with E-state index in [-0.39, 0.29) is 12.9 Å². The van der Waals surface area contributed by atoms with Crippen molar-refractivity contribution in [1.82, 2.24) is 0 Å². The second-order valence-electron chi connectivity index (χ2n) is 2.99. The second kappa shape index (κ2) is 4.83. The highest BCUT2D eigenvalue weighted by Crippen LogP contribution is 2.42. The summed E-state index contributed by atoms with van der Waals surface area (Å²) in [5, 5.41) is 0. The molecule has 1 aromatic rings. The fourth-order valence-electron chi connectivity index (χ4n) is 0.858. The Labute approximate surface area is 83.7 Å². The molecule has 0 bridgehead atoms. The van der Waals surface area contributed by atoms with Crippen LogP contribution in [-0.4, -0.2) is 13.3 Å². The highest BCUT2D eigenvalue weighted by atomic mass is 32.7. The van der Waals surface area contributed by atoms with Gasteiger partial charge >= 0.3 is 0 Å². The highest BCUT2D eigenvalue weighted by Gasteiger charge is 2.02. The average molecular weight is 217 g/mol. The van der Waals surface area contributed by atoms with Crippen LogP contribution in [0, 0.1) is 12.7 Å². The zero-order chi connectivity index (χ0) is 9.84. The lowest BCUT2D eigenvalue weighted by Gasteiger charge is -2.09. The van der Waals surface area contributed by atoms with Crippen LogP contribution < -0.4 is 4.72 Å². The van der Waals surface area contributed by atoms with E-state index in [4.69, 9.17) is 0 Å². The average Bonchev–Trinajstić information content (AvgIpc) is 2.06. The van der Waals surface area contributed by atoms with E-state index in [0.29, 0.717) is 5.69 Å². The van der Waals surface area contributed by atoms with Gasteiger partial charge in [-0.15, -0.1) is 0 Å². The maximum atomic E-state index is 13.2. The molecular weight excluding hydrogens is 204 g/mol. The third-order valence-electron chi connectivity index (χ3n) is 1.46. The zero-order valence-corrected chi connectivity index (χ0v) is 9.68. The van der Waals surface area contributed by atoms with E-state index in [2.05, 4.69) is 18.1 Å². The molecule has 13 heavy (non-hydrogen) atoms. The first-order valence-corrected chi connectivity index (χ1v) is 7.62. The summed E-state index contributed by atoms with van der Waals surface area (Å²) in [5.41, 5.74) is 1.65. The molecule has 0 spiro atoms. The van der Waals surface area contributed by atoms with Crippen LogP contribution in [0.2, 0.25) is 0 Å². The van der Waals surface area contributed by atoms with E-state index < -0.39 is 0 Å². The Morgan fingerprint density at radius 1 is 1.38 bits per heavy atom. The fourth-order valence-corrected chi connectivity index (χ4v) is 2.14. The summed E-state index contributed by atoms with van der Waals surface area (Å²) < 4.78 is 16.2. The summed E-state index contributed by atoms with van der Waals surface area (Å²) in [6.07, 6.45) is 0. The van der Waals surface area contributed by atoms with Gasteiger partial charge in [0.2, 0.25) is 0 Å². The maximum absolute atomic E-state index is 13.2. The van der Waals surface area contributed by atoms with Crippen LogP contribution in [0.1, 0.15) is 5.56 Å². The minimum Gasteiger partial charge on any atom is -0.324 e. The van der Waals surface area contributed by atoms with E-state index in [1.165, 1.54) is 6.07 Å². The van der Waals surface area contributed by atoms with Crippen LogP contribution in [0.25, 0.3) is 0 Å². The van der Waals surface area contributed by atoms with E-state index in [0.717, 1.165) is 5.56 Å². The van der Waals surface area contributed by atoms with Gasteiger partial charge in [0, 0.05) is 0 Å². The lowest BCUT2D eigenvalue weighted by atomic mass is 10.2. The number of anilines is 1. The van der Waals surface area contributed by atoms with Crippen molar-refractivity contribution in [3.05, 3.63) is 29.6 Å². The largest absolute Gasteiger partial charge is 0.324 e. The monoisotopic (exact) mass is 217 g/mol. The summed E-state index contributed by atoms with van der Waals surface area (Å²) in [5.74, 6) is -0.185. The van der Waals surface area contributed by atoms with Gasteiger partial charge in [0.05, 0.1) is 5.69 Å². The van der Waals surface area contributed by atoms with Gasteiger partial charge in [0.25, 0.3) is 0 Å². The predicted octanol–water partition coefficient (Wildman–Crippen LogP) is 3.85. The minimum atomic E-state index is -0.185. The molecule has 72 valence electrons. The summed E-state index contributed by atoms with van der Waals surface area (Å²) in [7, 11) is -0.107. The topological polar surface area (TPSA) is 12.0 Å². The van der Waals surface area contributed by atoms with Crippen LogP contribution >= 0.6 is 18.7 Å². The number of aryl methyl sites for hydroxylation is 1. The molecule has 1 rings (SSSR count). The fraction of sp³-hybridized carbons (Fsp3) is 0.333. The first-order valence-electron chi connectivity index (χ1n) is 3.96. The first kappa shape index (κ1) is 10.8. The van der Waals surface area contributed by atoms with Crippen molar-refractivity contribution in [3.63, 3.8) is 0 Å². The van der Waals surface area contributed by atoms with Crippen LogP contribution in [-0.2, 0) is 0 Å². The Morgan fingerprint density at radius 3 is 2.69 bits per heavy atom. The molecule has 1 aromatic carbocycles. The molecular formula is C9H13FNPS. The third-order valence-corrected chi connectivity index (χ3v) is 3.51. The van der Waals surface area contributed by atoms with Crippen LogP contribution in [0.5, 0.6) is 0 Å². The van der Waals surface area contributed by atoms with Crippen molar-refractivity contribution in [3.8, 4) is 0 Å². The molecule has 0 saturated heterocycles. The Balaban J connectivity index is 2.70. The van der Waals surface area contributed by atoms with Crippen LogP contribution in [0.4, 0.5) is 10.1 Å². The molecule has 1 N–H and O–H groups in total. The Bertz CT molecular complexity index is 291. The Hall–Kier alpha value is -0.270. The molecule has 0 saturated carbocycles. The van der Waals surface area contributed by atoms with Crippen molar-refractivity contribution < 1.29 is 4.39 Å². The Morgan fingerprint density at radius 2 is 2.08 bits per heavy atom. The molecule has 0 aromatic heterocycles. The highest BCUT2D eigenvalue weighted by molar-refractivity contribution is 8.56. The molecule has 0 fully saturated rings. The predicted molar refractivity (Wildman–Crippen MR) is 61.1 cm³/mol. The van der Waals surface area contributed by atoms with Crippen molar-refractivity contribution in [1.29, 1.82) is 0 Å². The molecule has 0 heterocycles. The van der Waals surface area contributed by atoms with Crippen molar-refractivity contribution >= 4 is 24.4 Å². The summed E-state index contributed by atoms with van der Waals surface area (Å²) >= 11 is 1.58. The number of halogens is 1. The normalized spacial score (nSPS) is 10.5. The van der Waals surface area contributed by atoms with Gasteiger partial charge in [0.1, 0.15) is 5.82 Å². The van der Waals surface area contributed by atoms with E-state index >= 15 is 0 Å². The van der Waals surface area contributed by atoms with Gasteiger partial charge in [0.15, 0.2) is 0 Å². The van der Waals surface area contributed by atoms with Gasteiger partial charge < -0.3 is 4.72 Å². The molecule has 0 aliphatic rings. The SMILES string of the molecule is Cc1ccc(F)c(NSP(C)C)c1. The molecule has 0 aliphatic carbocycles. The molecule has 4 heteroatoms. The van der Waals surface area contributed by atoms with E-state index in [1.54, 1.807) is 17.6 Å². The summed E-state index contributed by atoms with van der Waals surface area (Å²) in [6, 6.07) is 5.08. The number of benzene rings is 1. The van der Waals surface area contributed by atoms with Crippen molar-refractivity contribution in [2.24, 2.45) is 0 Å². The number of hydrogen-bond acceptors (Lipinski definition) is 2. The third kappa shape index (κ3) is 3.53. The smallest absolute Gasteiger partial charge is 0.147 e. The van der Waals surface area contributed by atoms with Gasteiger partial charge in [-0.05, 0) is 56.6 Å². The van der Waals surface area contributed by atoms with E-state index in [1.807, 2.05) is 13.0 Å².